The Morgan fingerprint density at radius 2 is 1.80 bits per heavy atom. The first-order chi connectivity index (χ1) is 14.6. The van der Waals surface area contributed by atoms with Gasteiger partial charge in [-0.25, -0.2) is 0 Å². The van der Waals surface area contributed by atoms with Crippen molar-refractivity contribution in [3.8, 4) is 11.5 Å². The molecule has 0 radical (unpaired) electrons. The zero-order chi connectivity index (χ0) is 20.9. The number of fused-ring (bicyclic) bond motifs is 1. The number of nitrogens with zero attached hydrogens (tertiary/aromatic N) is 1. The van der Waals surface area contributed by atoms with Crippen LogP contribution in [-0.4, -0.2) is 36.7 Å². The van der Waals surface area contributed by atoms with E-state index < -0.39 is 12.1 Å². The number of carbonyl (C=O) groups excluding carboxylic acids is 2. The van der Waals surface area contributed by atoms with E-state index in [9.17, 15) is 9.59 Å². The van der Waals surface area contributed by atoms with Crippen LogP contribution in [0.1, 0.15) is 43.4 Å². The fraction of sp³-hybridized carbons (Fsp3) is 0.417. The summed E-state index contributed by atoms with van der Waals surface area (Å²) in [5.74, 6) is 1.63. The standard InChI is InChI=1S/C24H27NO5/c1-17(26)30-23(20-5-3-2-4-6-20)24(27)25-13-11-18(12-14-25)7-8-19-9-10-21-22(15-19)29-16-28-21/h2-6,9-10,15,18,23H,7-8,11-14,16H2,1H3. The highest BCUT2D eigenvalue weighted by molar-refractivity contribution is 5.84. The molecule has 2 aliphatic rings. The van der Waals surface area contributed by atoms with E-state index in [4.69, 9.17) is 14.2 Å². The first-order valence-corrected chi connectivity index (χ1v) is 10.5. The fourth-order valence-corrected chi connectivity index (χ4v) is 4.13. The predicted octanol–water partition coefficient (Wildman–Crippen LogP) is 3.89. The van der Waals surface area contributed by atoms with E-state index in [0.29, 0.717) is 31.4 Å². The molecule has 2 aromatic rings. The Kier molecular flexibility index (Phi) is 6.21. The molecule has 2 heterocycles. The first-order valence-electron chi connectivity index (χ1n) is 10.5. The number of benzene rings is 2. The van der Waals surface area contributed by atoms with Gasteiger partial charge in [0.2, 0.25) is 12.9 Å². The monoisotopic (exact) mass is 409 g/mol. The third-order valence-corrected chi connectivity index (χ3v) is 5.81. The van der Waals surface area contributed by atoms with E-state index in [1.807, 2.05) is 41.3 Å². The Morgan fingerprint density at radius 3 is 2.53 bits per heavy atom. The van der Waals surface area contributed by atoms with Crippen molar-refractivity contribution in [1.29, 1.82) is 0 Å². The summed E-state index contributed by atoms with van der Waals surface area (Å²) in [6.45, 7) is 3.01. The minimum absolute atomic E-state index is 0.134. The van der Waals surface area contributed by atoms with Crippen molar-refractivity contribution < 1.29 is 23.8 Å². The second-order valence-electron chi connectivity index (χ2n) is 7.90. The van der Waals surface area contributed by atoms with Crippen LogP contribution in [-0.2, 0) is 20.7 Å². The molecule has 4 rings (SSSR count). The number of hydrogen-bond acceptors (Lipinski definition) is 5. The number of likely N-dealkylation sites (tertiary alicyclic amines) is 1. The van der Waals surface area contributed by atoms with Crippen molar-refractivity contribution in [3.05, 3.63) is 59.7 Å². The third kappa shape index (κ3) is 4.75. The van der Waals surface area contributed by atoms with Gasteiger partial charge in [-0.3, -0.25) is 9.59 Å². The van der Waals surface area contributed by atoms with Gasteiger partial charge in [-0.05, 0) is 49.3 Å². The SMILES string of the molecule is CC(=O)OC(C(=O)N1CCC(CCc2ccc3c(c2)OCO3)CC1)c1ccccc1. The van der Waals surface area contributed by atoms with Crippen LogP contribution in [0.5, 0.6) is 11.5 Å². The highest BCUT2D eigenvalue weighted by atomic mass is 16.7. The van der Waals surface area contributed by atoms with E-state index in [0.717, 1.165) is 37.2 Å². The molecule has 1 unspecified atom stereocenters. The summed E-state index contributed by atoms with van der Waals surface area (Å²) >= 11 is 0. The minimum Gasteiger partial charge on any atom is -0.454 e. The lowest BCUT2D eigenvalue weighted by atomic mass is 9.90. The normalized spacial score (nSPS) is 16.9. The highest BCUT2D eigenvalue weighted by Crippen LogP contribution is 2.33. The lowest BCUT2D eigenvalue weighted by Gasteiger charge is -2.34. The number of hydrogen-bond donors (Lipinski definition) is 0. The van der Waals surface area contributed by atoms with Crippen LogP contribution in [0.4, 0.5) is 0 Å². The Hall–Kier alpha value is -3.02. The largest absolute Gasteiger partial charge is 0.454 e. The summed E-state index contributed by atoms with van der Waals surface area (Å²) in [5, 5.41) is 0. The summed E-state index contributed by atoms with van der Waals surface area (Å²) in [7, 11) is 0. The van der Waals surface area contributed by atoms with Crippen LogP contribution in [0.3, 0.4) is 0 Å². The minimum atomic E-state index is -0.867. The van der Waals surface area contributed by atoms with Crippen molar-refractivity contribution in [2.45, 2.75) is 38.7 Å². The molecule has 0 aliphatic carbocycles. The molecule has 30 heavy (non-hydrogen) atoms. The number of amides is 1. The molecule has 6 nitrogen and oxygen atoms in total. The molecule has 2 aliphatic heterocycles. The number of carbonyl (C=O) groups is 2. The number of rotatable bonds is 6. The molecule has 6 heteroatoms. The number of piperidine rings is 1. The molecular formula is C24H27NO5. The molecule has 0 N–H and O–H groups in total. The molecular weight excluding hydrogens is 382 g/mol. The van der Waals surface area contributed by atoms with Crippen molar-refractivity contribution >= 4 is 11.9 Å². The van der Waals surface area contributed by atoms with Gasteiger partial charge in [0.1, 0.15) is 0 Å². The van der Waals surface area contributed by atoms with Gasteiger partial charge in [-0.2, -0.15) is 0 Å². The van der Waals surface area contributed by atoms with Gasteiger partial charge in [0.25, 0.3) is 5.91 Å². The quantitative estimate of drug-likeness (QED) is 0.677. The van der Waals surface area contributed by atoms with Crippen LogP contribution >= 0.6 is 0 Å². The van der Waals surface area contributed by atoms with Gasteiger partial charge < -0.3 is 19.1 Å². The Morgan fingerprint density at radius 1 is 1.07 bits per heavy atom. The van der Waals surface area contributed by atoms with Crippen molar-refractivity contribution in [1.82, 2.24) is 4.90 Å². The maximum atomic E-state index is 13.1. The van der Waals surface area contributed by atoms with Crippen LogP contribution in [0, 0.1) is 5.92 Å². The third-order valence-electron chi connectivity index (χ3n) is 5.81. The maximum Gasteiger partial charge on any atom is 0.303 e. The molecule has 158 valence electrons. The highest BCUT2D eigenvalue weighted by Gasteiger charge is 2.31. The molecule has 0 aromatic heterocycles. The van der Waals surface area contributed by atoms with Gasteiger partial charge in [0.05, 0.1) is 0 Å². The van der Waals surface area contributed by atoms with Crippen LogP contribution in [0.15, 0.2) is 48.5 Å². The zero-order valence-electron chi connectivity index (χ0n) is 17.2. The van der Waals surface area contributed by atoms with Gasteiger partial charge in [0, 0.05) is 25.6 Å². The molecule has 1 saturated heterocycles. The molecule has 1 fully saturated rings. The van der Waals surface area contributed by atoms with E-state index in [1.54, 1.807) is 0 Å². The Balaban J connectivity index is 1.30. The van der Waals surface area contributed by atoms with Crippen LogP contribution in [0.25, 0.3) is 0 Å². The molecule has 0 bridgehead atoms. The van der Waals surface area contributed by atoms with Gasteiger partial charge >= 0.3 is 5.97 Å². The van der Waals surface area contributed by atoms with Crippen LogP contribution in [0.2, 0.25) is 0 Å². The Bertz CT molecular complexity index is 890. The molecule has 0 saturated carbocycles. The van der Waals surface area contributed by atoms with Gasteiger partial charge in [-0.15, -0.1) is 0 Å². The lowest BCUT2D eigenvalue weighted by molar-refractivity contribution is -0.160. The lowest BCUT2D eigenvalue weighted by Crippen LogP contribution is -2.42. The van der Waals surface area contributed by atoms with E-state index >= 15 is 0 Å². The molecule has 1 amide bonds. The topological polar surface area (TPSA) is 65.1 Å². The van der Waals surface area contributed by atoms with Gasteiger partial charge in [-0.1, -0.05) is 36.4 Å². The van der Waals surface area contributed by atoms with E-state index in [-0.39, 0.29) is 5.91 Å². The second kappa shape index (κ2) is 9.20. The second-order valence-corrected chi connectivity index (χ2v) is 7.90. The fourth-order valence-electron chi connectivity index (χ4n) is 4.13. The summed E-state index contributed by atoms with van der Waals surface area (Å²) in [6.07, 6.45) is 3.10. The van der Waals surface area contributed by atoms with Crippen LogP contribution < -0.4 is 9.47 Å². The average molecular weight is 409 g/mol. The average Bonchev–Trinajstić information content (AvgIpc) is 3.24. The number of esters is 1. The van der Waals surface area contributed by atoms with Crippen molar-refractivity contribution in [2.24, 2.45) is 5.92 Å². The van der Waals surface area contributed by atoms with Crippen molar-refractivity contribution in [3.63, 3.8) is 0 Å². The number of ether oxygens (including phenoxy) is 3. The van der Waals surface area contributed by atoms with E-state index in [2.05, 4.69) is 12.1 Å². The molecule has 2 aromatic carbocycles. The zero-order valence-corrected chi connectivity index (χ0v) is 17.2. The molecule has 0 spiro atoms. The van der Waals surface area contributed by atoms with E-state index in [1.165, 1.54) is 12.5 Å². The first kappa shape index (κ1) is 20.3. The summed E-state index contributed by atoms with van der Waals surface area (Å²) in [4.78, 5) is 26.4. The maximum absolute atomic E-state index is 13.1. The smallest absolute Gasteiger partial charge is 0.303 e. The number of aryl methyl sites for hydroxylation is 1. The predicted molar refractivity (Wildman–Crippen MR) is 111 cm³/mol. The summed E-state index contributed by atoms with van der Waals surface area (Å²) < 4.78 is 16.2. The van der Waals surface area contributed by atoms with Gasteiger partial charge in [0.15, 0.2) is 11.5 Å². The Labute approximate surface area is 176 Å². The van der Waals surface area contributed by atoms with Crippen molar-refractivity contribution in [2.75, 3.05) is 19.9 Å². The summed E-state index contributed by atoms with van der Waals surface area (Å²) in [5.41, 5.74) is 1.96. The molecule has 1 atom stereocenters. The summed E-state index contributed by atoms with van der Waals surface area (Å²) in [6, 6.07) is 15.3.